The maximum absolute atomic E-state index is 12.0. The fourth-order valence-electron chi connectivity index (χ4n) is 2.45. The molecule has 0 bridgehead atoms. The van der Waals surface area contributed by atoms with Crippen LogP contribution in [0.5, 0.6) is 5.75 Å². The number of aliphatic hydroxyl groups excluding tert-OH is 4. The Bertz CT molecular complexity index is 627. The lowest BCUT2D eigenvalue weighted by atomic mass is 9.99. The minimum Gasteiger partial charge on any atom is -0.453 e. The van der Waals surface area contributed by atoms with Crippen LogP contribution in [0.1, 0.15) is 0 Å². The summed E-state index contributed by atoms with van der Waals surface area (Å²) in [7, 11) is 0. The average Bonchev–Trinajstić information content (AvgIpc) is 2.56. The highest BCUT2D eigenvalue weighted by molar-refractivity contribution is 6.30. The number of benzene rings is 1. The van der Waals surface area contributed by atoms with Crippen molar-refractivity contribution in [1.29, 1.82) is 0 Å². The first-order valence-corrected chi connectivity index (χ1v) is 7.51. The fraction of sp³-hybridized carbons (Fsp3) is 0.500. The highest BCUT2D eigenvalue weighted by Gasteiger charge is 2.46. The first-order valence-electron chi connectivity index (χ1n) is 7.13. The van der Waals surface area contributed by atoms with Crippen LogP contribution in [0.3, 0.4) is 0 Å². The molecule has 1 amide bonds. The molecule has 3 rings (SSSR count). The van der Waals surface area contributed by atoms with Crippen LogP contribution in [-0.2, 0) is 14.3 Å². The van der Waals surface area contributed by atoms with Crippen LogP contribution in [0.2, 0.25) is 5.02 Å². The molecule has 5 N–H and O–H groups in total. The molecule has 10 heteroatoms. The van der Waals surface area contributed by atoms with Crippen molar-refractivity contribution in [1.82, 2.24) is 0 Å². The first-order chi connectivity index (χ1) is 11.4. The number of amides is 1. The minimum atomic E-state index is -1.64. The van der Waals surface area contributed by atoms with Gasteiger partial charge in [-0.1, -0.05) is 11.6 Å². The maximum Gasteiger partial charge on any atom is 0.294 e. The number of halogens is 1. The van der Waals surface area contributed by atoms with Gasteiger partial charge in [-0.3, -0.25) is 4.79 Å². The SMILES string of the molecule is O=C1Nc2ccc(Cl)cc2OC1OC1OC(CO)C(O)C(O)C1O. The summed E-state index contributed by atoms with van der Waals surface area (Å²) < 4.78 is 15.8. The predicted octanol–water partition coefficient (Wildman–Crippen LogP) is -1.19. The van der Waals surface area contributed by atoms with Crippen LogP contribution in [0.25, 0.3) is 0 Å². The number of carbonyl (C=O) groups excluding carboxylic acids is 1. The lowest BCUT2D eigenvalue weighted by molar-refractivity contribution is -0.322. The van der Waals surface area contributed by atoms with Gasteiger partial charge >= 0.3 is 0 Å². The zero-order chi connectivity index (χ0) is 17.4. The highest BCUT2D eigenvalue weighted by Crippen LogP contribution is 2.33. The maximum atomic E-state index is 12.0. The summed E-state index contributed by atoms with van der Waals surface area (Å²) in [5.74, 6) is -0.390. The van der Waals surface area contributed by atoms with Crippen LogP contribution in [0.15, 0.2) is 18.2 Å². The van der Waals surface area contributed by atoms with Crippen LogP contribution in [-0.4, -0.2) is 69.9 Å². The Morgan fingerprint density at radius 2 is 1.96 bits per heavy atom. The number of hydrogen-bond donors (Lipinski definition) is 5. The number of ether oxygens (including phenoxy) is 3. The van der Waals surface area contributed by atoms with Gasteiger partial charge in [0.05, 0.1) is 12.3 Å². The molecular weight excluding hydrogens is 346 g/mol. The van der Waals surface area contributed by atoms with Gasteiger partial charge in [0.15, 0.2) is 6.29 Å². The van der Waals surface area contributed by atoms with Gasteiger partial charge in [-0.25, -0.2) is 0 Å². The molecule has 2 aliphatic rings. The lowest BCUT2D eigenvalue weighted by Crippen LogP contribution is -2.60. The minimum absolute atomic E-state index is 0.261. The van der Waals surface area contributed by atoms with Gasteiger partial charge in [0, 0.05) is 11.1 Å². The van der Waals surface area contributed by atoms with Crippen molar-refractivity contribution in [3.63, 3.8) is 0 Å². The zero-order valence-corrected chi connectivity index (χ0v) is 13.0. The smallest absolute Gasteiger partial charge is 0.294 e. The summed E-state index contributed by atoms with van der Waals surface area (Å²) in [6, 6.07) is 4.60. The van der Waals surface area contributed by atoms with E-state index in [0.29, 0.717) is 10.7 Å². The Labute approximate surface area is 141 Å². The summed E-state index contributed by atoms with van der Waals surface area (Å²) in [4.78, 5) is 12.0. The van der Waals surface area contributed by atoms with Crippen molar-refractivity contribution < 1.29 is 39.4 Å². The molecule has 1 aromatic carbocycles. The van der Waals surface area contributed by atoms with Gasteiger partial charge in [-0.15, -0.1) is 0 Å². The Balaban J connectivity index is 1.74. The second-order valence-corrected chi connectivity index (χ2v) is 5.85. The Morgan fingerprint density at radius 1 is 1.21 bits per heavy atom. The number of carbonyl (C=O) groups is 1. The third-order valence-corrected chi connectivity index (χ3v) is 3.99. The Hall–Kier alpha value is -1.46. The molecule has 24 heavy (non-hydrogen) atoms. The second-order valence-electron chi connectivity index (χ2n) is 5.41. The summed E-state index contributed by atoms with van der Waals surface area (Å²) in [5, 5.41) is 41.4. The number of fused-ring (bicyclic) bond motifs is 1. The van der Waals surface area contributed by atoms with Crippen LogP contribution < -0.4 is 10.1 Å². The highest BCUT2D eigenvalue weighted by atomic mass is 35.5. The molecule has 0 spiro atoms. The third-order valence-electron chi connectivity index (χ3n) is 3.76. The van der Waals surface area contributed by atoms with E-state index in [-0.39, 0.29) is 5.75 Å². The second kappa shape index (κ2) is 6.81. The van der Waals surface area contributed by atoms with E-state index in [2.05, 4.69) is 5.32 Å². The van der Waals surface area contributed by atoms with Gasteiger partial charge in [-0.05, 0) is 12.1 Å². The van der Waals surface area contributed by atoms with Gasteiger partial charge < -0.3 is 40.0 Å². The molecule has 132 valence electrons. The molecule has 0 saturated carbocycles. The van der Waals surface area contributed by atoms with Crippen molar-refractivity contribution in [3.05, 3.63) is 23.2 Å². The predicted molar refractivity (Wildman–Crippen MR) is 79.3 cm³/mol. The van der Waals surface area contributed by atoms with E-state index in [1.165, 1.54) is 6.07 Å². The molecule has 0 radical (unpaired) electrons. The average molecular weight is 362 g/mol. The monoisotopic (exact) mass is 361 g/mol. The number of rotatable bonds is 3. The Kier molecular flexibility index (Phi) is 4.92. The zero-order valence-electron chi connectivity index (χ0n) is 12.2. The lowest BCUT2D eigenvalue weighted by Gasteiger charge is -2.40. The summed E-state index contributed by atoms with van der Waals surface area (Å²) in [6.45, 7) is -0.610. The third kappa shape index (κ3) is 3.20. The molecule has 2 heterocycles. The van der Waals surface area contributed by atoms with E-state index >= 15 is 0 Å². The molecule has 6 unspecified atom stereocenters. The van der Waals surface area contributed by atoms with Crippen molar-refractivity contribution in [3.8, 4) is 5.75 Å². The largest absolute Gasteiger partial charge is 0.453 e. The topological polar surface area (TPSA) is 138 Å². The van der Waals surface area contributed by atoms with E-state index in [1.54, 1.807) is 12.1 Å². The Morgan fingerprint density at radius 3 is 2.67 bits per heavy atom. The van der Waals surface area contributed by atoms with E-state index in [0.717, 1.165) is 0 Å². The summed E-state index contributed by atoms with van der Waals surface area (Å²) in [6.07, 6.45) is -8.89. The van der Waals surface area contributed by atoms with Crippen molar-refractivity contribution in [2.24, 2.45) is 0 Å². The van der Waals surface area contributed by atoms with Crippen molar-refractivity contribution in [2.45, 2.75) is 37.0 Å². The number of anilines is 1. The van der Waals surface area contributed by atoms with Crippen molar-refractivity contribution >= 4 is 23.2 Å². The first kappa shape index (κ1) is 17.4. The number of aliphatic hydroxyl groups is 4. The molecule has 0 aromatic heterocycles. The van der Waals surface area contributed by atoms with Gasteiger partial charge in [-0.2, -0.15) is 0 Å². The van der Waals surface area contributed by atoms with Gasteiger partial charge in [0.2, 0.25) is 0 Å². The molecular formula is C14H16ClNO8. The van der Waals surface area contributed by atoms with E-state index < -0.39 is 49.5 Å². The fourth-order valence-corrected chi connectivity index (χ4v) is 2.61. The number of hydrogen-bond acceptors (Lipinski definition) is 8. The standard InChI is InChI=1S/C14H16ClNO8/c15-5-1-2-6-7(3-5)22-14(12(21)16-6)24-13-11(20)10(19)9(18)8(4-17)23-13/h1-3,8-11,13-14,17-20H,4H2,(H,16,21). The van der Waals surface area contributed by atoms with Crippen LogP contribution in [0.4, 0.5) is 5.69 Å². The van der Waals surface area contributed by atoms with Crippen LogP contribution >= 0.6 is 11.6 Å². The molecule has 2 aliphatic heterocycles. The van der Waals surface area contributed by atoms with Crippen molar-refractivity contribution in [2.75, 3.05) is 11.9 Å². The van der Waals surface area contributed by atoms with E-state index in [9.17, 15) is 20.1 Å². The summed E-state index contributed by atoms with van der Waals surface area (Å²) in [5.41, 5.74) is 0.401. The molecule has 0 aliphatic carbocycles. The molecule has 6 atom stereocenters. The van der Waals surface area contributed by atoms with Gasteiger partial charge in [0.25, 0.3) is 12.2 Å². The normalized spacial score (nSPS) is 35.8. The van der Waals surface area contributed by atoms with Crippen LogP contribution in [0, 0.1) is 0 Å². The molecule has 1 fully saturated rings. The quantitative estimate of drug-likeness (QED) is 0.453. The van der Waals surface area contributed by atoms with Gasteiger partial charge in [0.1, 0.15) is 30.2 Å². The molecule has 9 nitrogen and oxygen atoms in total. The molecule has 1 aromatic rings. The summed E-state index contributed by atoms with van der Waals surface area (Å²) >= 11 is 5.86. The van der Waals surface area contributed by atoms with E-state index in [1.807, 2.05) is 0 Å². The number of nitrogens with one attached hydrogen (secondary N) is 1. The van der Waals surface area contributed by atoms with E-state index in [4.69, 9.17) is 30.9 Å². The molecule has 1 saturated heterocycles.